The standard InChI is InChI=1S/C18H18N2O5/c1-12-3-2-4-13(9-12)10-14(11-17(21)22)18(23)19-15-5-7-16(8-6-15)20(24)25/h2-9,14H,10-11H2,1H3,(H,19,23)(H,21,22)/t14-/m0/s1. The van der Waals surface area contributed by atoms with Gasteiger partial charge >= 0.3 is 5.97 Å². The zero-order chi connectivity index (χ0) is 18.4. The van der Waals surface area contributed by atoms with Crippen molar-refractivity contribution in [1.29, 1.82) is 0 Å². The van der Waals surface area contributed by atoms with Crippen molar-refractivity contribution < 1.29 is 19.6 Å². The number of carboxylic acids is 1. The van der Waals surface area contributed by atoms with E-state index in [1.54, 1.807) is 0 Å². The molecule has 0 bridgehead atoms. The molecule has 1 atom stereocenters. The number of amides is 1. The maximum atomic E-state index is 12.4. The highest BCUT2D eigenvalue weighted by Gasteiger charge is 2.22. The molecule has 2 aromatic carbocycles. The molecule has 7 heteroatoms. The van der Waals surface area contributed by atoms with Gasteiger partial charge in [0, 0.05) is 17.8 Å². The molecule has 2 N–H and O–H groups in total. The molecule has 0 saturated heterocycles. The molecule has 0 saturated carbocycles. The van der Waals surface area contributed by atoms with Crippen molar-refractivity contribution in [2.75, 3.05) is 5.32 Å². The van der Waals surface area contributed by atoms with Gasteiger partial charge in [-0.05, 0) is 31.0 Å². The van der Waals surface area contributed by atoms with E-state index < -0.39 is 22.7 Å². The average Bonchev–Trinajstić information content (AvgIpc) is 2.54. The Morgan fingerprint density at radius 1 is 1.20 bits per heavy atom. The number of nitro groups is 1. The first-order valence-electron chi connectivity index (χ1n) is 7.68. The summed E-state index contributed by atoms with van der Waals surface area (Å²) in [7, 11) is 0. The van der Waals surface area contributed by atoms with Crippen LogP contribution in [-0.4, -0.2) is 21.9 Å². The third-order valence-corrected chi connectivity index (χ3v) is 3.70. The molecule has 0 unspecified atom stereocenters. The van der Waals surface area contributed by atoms with Crippen LogP contribution in [0.25, 0.3) is 0 Å². The molecule has 0 aliphatic rings. The first-order chi connectivity index (χ1) is 11.8. The summed E-state index contributed by atoms with van der Waals surface area (Å²) in [5.41, 5.74) is 2.21. The quantitative estimate of drug-likeness (QED) is 0.593. The average molecular weight is 342 g/mol. The summed E-state index contributed by atoms with van der Waals surface area (Å²) in [4.78, 5) is 33.7. The van der Waals surface area contributed by atoms with Gasteiger partial charge in [0.15, 0.2) is 0 Å². The second-order valence-corrected chi connectivity index (χ2v) is 5.78. The lowest BCUT2D eigenvalue weighted by Gasteiger charge is -2.15. The van der Waals surface area contributed by atoms with Crippen LogP contribution < -0.4 is 5.32 Å². The molecule has 0 aliphatic heterocycles. The summed E-state index contributed by atoms with van der Waals surface area (Å²) in [5.74, 6) is -2.23. The van der Waals surface area contributed by atoms with Crippen LogP contribution >= 0.6 is 0 Å². The summed E-state index contributed by atoms with van der Waals surface area (Å²) >= 11 is 0. The summed E-state index contributed by atoms with van der Waals surface area (Å²) in [6.07, 6.45) is -0.000445. The van der Waals surface area contributed by atoms with Crippen molar-refractivity contribution in [3.05, 3.63) is 69.8 Å². The molecule has 0 aliphatic carbocycles. The van der Waals surface area contributed by atoms with Gasteiger partial charge in [-0.2, -0.15) is 0 Å². The Morgan fingerprint density at radius 3 is 2.44 bits per heavy atom. The first kappa shape index (κ1) is 18.1. The Bertz CT molecular complexity index is 786. The number of hydrogen-bond acceptors (Lipinski definition) is 4. The highest BCUT2D eigenvalue weighted by Crippen LogP contribution is 2.19. The molecule has 25 heavy (non-hydrogen) atoms. The van der Waals surface area contributed by atoms with Gasteiger partial charge in [0.05, 0.1) is 17.3 Å². The fourth-order valence-electron chi connectivity index (χ4n) is 2.50. The van der Waals surface area contributed by atoms with E-state index in [-0.39, 0.29) is 12.1 Å². The molecule has 7 nitrogen and oxygen atoms in total. The third-order valence-electron chi connectivity index (χ3n) is 3.70. The van der Waals surface area contributed by atoms with Crippen molar-refractivity contribution in [3.63, 3.8) is 0 Å². The predicted octanol–water partition coefficient (Wildman–Crippen LogP) is 3.18. The van der Waals surface area contributed by atoms with Crippen LogP contribution in [0.2, 0.25) is 0 Å². The number of nitrogens with zero attached hydrogens (tertiary/aromatic N) is 1. The van der Waals surface area contributed by atoms with Crippen LogP contribution in [0.3, 0.4) is 0 Å². The summed E-state index contributed by atoms with van der Waals surface area (Å²) in [6.45, 7) is 1.92. The van der Waals surface area contributed by atoms with Crippen LogP contribution in [0.4, 0.5) is 11.4 Å². The van der Waals surface area contributed by atoms with Crippen LogP contribution in [-0.2, 0) is 16.0 Å². The Hall–Kier alpha value is -3.22. The van der Waals surface area contributed by atoms with Gasteiger partial charge in [-0.1, -0.05) is 29.8 Å². The lowest BCUT2D eigenvalue weighted by Crippen LogP contribution is -2.27. The Kier molecular flexibility index (Phi) is 5.84. The van der Waals surface area contributed by atoms with E-state index in [4.69, 9.17) is 5.11 Å². The highest BCUT2D eigenvalue weighted by molar-refractivity contribution is 5.94. The van der Waals surface area contributed by atoms with E-state index in [1.807, 2.05) is 31.2 Å². The summed E-state index contributed by atoms with van der Waals surface area (Å²) in [5, 5.41) is 22.3. The van der Waals surface area contributed by atoms with Crippen molar-refractivity contribution >= 4 is 23.3 Å². The minimum atomic E-state index is -1.06. The predicted molar refractivity (Wildman–Crippen MR) is 92.4 cm³/mol. The van der Waals surface area contributed by atoms with Crippen LogP contribution in [0, 0.1) is 23.0 Å². The molecule has 0 aromatic heterocycles. The number of aryl methyl sites for hydroxylation is 1. The summed E-state index contributed by atoms with van der Waals surface area (Å²) in [6, 6.07) is 12.9. The van der Waals surface area contributed by atoms with E-state index in [1.165, 1.54) is 24.3 Å². The molecule has 2 aromatic rings. The largest absolute Gasteiger partial charge is 0.481 e. The van der Waals surface area contributed by atoms with Gasteiger partial charge in [0.1, 0.15) is 0 Å². The van der Waals surface area contributed by atoms with Gasteiger partial charge in [-0.25, -0.2) is 0 Å². The topological polar surface area (TPSA) is 110 Å². The maximum absolute atomic E-state index is 12.4. The lowest BCUT2D eigenvalue weighted by atomic mass is 9.94. The number of anilines is 1. The minimum Gasteiger partial charge on any atom is -0.481 e. The monoisotopic (exact) mass is 342 g/mol. The van der Waals surface area contributed by atoms with Crippen molar-refractivity contribution in [3.8, 4) is 0 Å². The van der Waals surface area contributed by atoms with Crippen molar-refractivity contribution in [1.82, 2.24) is 0 Å². The zero-order valence-corrected chi connectivity index (χ0v) is 13.6. The molecule has 0 radical (unpaired) electrons. The number of rotatable bonds is 7. The van der Waals surface area contributed by atoms with E-state index in [0.717, 1.165) is 11.1 Å². The molecule has 0 spiro atoms. The second-order valence-electron chi connectivity index (χ2n) is 5.78. The minimum absolute atomic E-state index is 0.0835. The fraction of sp³-hybridized carbons (Fsp3) is 0.222. The first-order valence-corrected chi connectivity index (χ1v) is 7.68. The number of carbonyl (C=O) groups excluding carboxylic acids is 1. The molecule has 1 amide bonds. The number of nitrogens with one attached hydrogen (secondary N) is 1. The molecular formula is C18H18N2O5. The van der Waals surface area contributed by atoms with E-state index in [0.29, 0.717) is 12.1 Å². The smallest absolute Gasteiger partial charge is 0.304 e. The normalized spacial score (nSPS) is 11.6. The van der Waals surface area contributed by atoms with E-state index in [9.17, 15) is 19.7 Å². The Morgan fingerprint density at radius 2 is 1.88 bits per heavy atom. The molecule has 130 valence electrons. The van der Waals surface area contributed by atoms with Gasteiger partial charge < -0.3 is 10.4 Å². The van der Waals surface area contributed by atoms with Crippen LogP contribution in [0.5, 0.6) is 0 Å². The fourth-order valence-corrected chi connectivity index (χ4v) is 2.50. The Balaban J connectivity index is 2.12. The Labute approximate surface area is 144 Å². The molecular weight excluding hydrogens is 324 g/mol. The van der Waals surface area contributed by atoms with Crippen molar-refractivity contribution in [2.45, 2.75) is 19.8 Å². The zero-order valence-electron chi connectivity index (χ0n) is 13.6. The molecule has 0 fully saturated rings. The number of carbonyl (C=O) groups is 2. The SMILES string of the molecule is Cc1cccc(C[C@@H](CC(=O)O)C(=O)Nc2ccc([N+](=O)[O-])cc2)c1. The number of carboxylic acid groups (broad SMARTS) is 1. The number of benzene rings is 2. The lowest BCUT2D eigenvalue weighted by molar-refractivity contribution is -0.384. The number of aliphatic carboxylic acids is 1. The third kappa shape index (κ3) is 5.42. The molecule has 0 heterocycles. The maximum Gasteiger partial charge on any atom is 0.304 e. The van der Waals surface area contributed by atoms with Gasteiger partial charge in [-0.3, -0.25) is 19.7 Å². The van der Waals surface area contributed by atoms with Crippen LogP contribution in [0.15, 0.2) is 48.5 Å². The van der Waals surface area contributed by atoms with E-state index in [2.05, 4.69) is 5.32 Å². The highest BCUT2D eigenvalue weighted by atomic mass is 16.6. The molecule has 2 rings (SSSR count). The van der Waals surface area contributed by atoms with Crippen LogP contribution in [0.1, 0.15) is 17.5 Å². The van der Waals surface area contributed by atoms with Crippen molar-refractivity contribution in [2.24, 2.45) is 5.92 Å². The van der Waals surface area contributed by atoms with E-state index >= 15 is 0 Å². The van der Waals surface area contributed by atoms with Gasteiger partial charge in [0.2, 0.25) is 5.91 Å². The van der Waals surface area contributed by atoms with Gasteiger partial charge in [-0.15, -0.1) is 0 Å². The second kappa shape index (κ2) is 8.05. The number of non-ortho nitro benzene ring substituents is 1. The number of nitro benzene ring substituents is 1. The summed E-state index contributed by atoms with van der Waals surface area (Å²) < 4.78 is 0. The van der Waals surface area contributed by atoms with Gasteiger partial charge in [0.25, 0.3) is 5.69 Å². The number of hydrogen-bond donors (Lipinski definition) is 2.